The molecule has 0 bridgehead atoms. The average Bonchev–Trinajstić information content (AvgIpc) is 2.65. The molecular formula is C20H27Cl2F3N2O2. The summed E-state index contributed by atoms with van der Waals surface area (Å²) in [4.78, 5) is 0. The number of rotatable bonds is 9. The molecule has 4 N–H and O–H groups in total. The number of hydrogen-bond donors (Lipinski definition) is 3. The van der Waals surface area contributed by atoms with Crippen LogP contribution in [0.15, 0.2) is 48.5 Å². The molecule has 0 amide bonds. The van der Waals surface area contributed by atoms with Gasteiger partial charge in [0.2, 0.25) is 0 Å². The van der Waals surface area contributed by atoms with Crippen molar-refractivity contribution in [1.29, 1.82) is 0 Å². The summed E-state index contributed by atoms with van der Waals surface area (Å²) >= 11 is 0. The van der Waals surface area contributed by atoms with E-state index in [0.717, 1.165) is 23.4 Å². The van der Waals surface area contributed by atoms with Crippen LogP contribution in [0.25, 0.3) is 0 Å². The first-order valence-electron chi connectivity index (χ1n) is 8.80. The molecule has 9 heteroatoms. The lowest BCUT2D eigenvalue weighted by Crippen LogP contribution is -2.32. The summed E-state index contributed by atoms with van der Waals surface area (Å²) in [5.74, 6) is 0.754. The van der Waals surface area contributed by atoms with E-state index in [1.807, 2.05) is 31.2 Å². The monoisotopic (exact) mass is 454 g/mol. The highest BCUT2D eigenvalue weighted by Crippen LogP contribution is 2.30. The minimum Gasteiger partial charge on any atom is -0.492 e. The van der Waals surface area contributed by atoms with Crippen LogP contribution in [-0.2, 0) is 12.6 Å². The summed E-state index contributed by atoms with van der Waals surface area (Å²) in [5.41, 5.74) is 5.96. The van der Waals surface area contributed by atoms with Crippen molar-refractivity contribution < 1.29 is 23.0 Å². The minimum atomic E-state index is -4.42. The molecule has 0 fully saturated rings. The van der Waals surface area contributed by atoms with Gasteiger partial charge in [0.1, 0.15) is 12.4 Å². The molecule has 0 aliphatic rings. The molecule has 0 saturated heterocycles. The van der Waals surface area contributed by atoms with E-state index >= 15 is 0 Å². The predicted molar refractivity (Wildman–Crippen MR) is 113 cm³/mol. The third-order valence-corrected chi connectivity index (χ3v) is 4.11. The molecule has 0 aromatic heterocycles. The Labute approximate surface area is 181 Å². The molecular weight excluding hydrogens is 428 g/mol. The lowest BCUT2D eigenvalue weighted by molar-refractivity contribution is -0.137. The maximum absolute atomic E-state index is 12.8. The number of halogens is 5. The van der Waals surface area contributed by atoms with Gasteiger partial charge in [0.05, 0.1) is 11.7 Å². The first-order chi connectivity index (χ1) is 12.8. The molecule has 2 unspecified atom stereocenters. The molecule has 0 radical (unpaired) electrons. The maximum Gasteiger partial charge on any atom is 0.416 e. The molecule has 0 aliphatic carbocycles. The topological polar surface area (TPSA) is 67.5 Å². The molecule has 2 aromatic rings. The van der Waals surface area contributed by atoms with Crippen molar-refractivity contribution in [3.05, 3.63) is 65.2 Å². The second-order valence-electron chi connectivity index (χ2n) is 6.43. The highest BCUT2D eigenvalue weighted by atomic mass is 35.5. The second-order valence-corrected chi connectivity index (χ2v) is 6.43. The lowest BCUT2D eigenvalue weighted by Gasteiger charge is -2.18. The third kappa shape index (κ3) is 9.23. The molecule has 4 nitrogen and oxygen atoms in total. The highest BCUT2D eigenvalue weighted by Gasteiger charge is 2.30. The van der Waals surface area contributed by atoms with E-state index in [1.165, 1.54) is 12.1 Å². The number of alkyl halides is 3. The number of aliphatic hydroxyl groups is 1. The predicted octanol–water partition coefficient (Wildman–Crippen LogP) is 4.14. The van der Waals surface area contributed by atoms with Gasteiger partial charge in [-0.05, 0) is 48.7 Å². The van der Waals surface area contributed by atoms with Crippen molar-refractivity contribution in [2.75, 3.05) is 19.7 Å². The van der Waals surface area contributed by atoms with Crippen LogP contribution in [0.4, 0.5) is 13.2 Å². The van der Waals surface area contributed by atoms with Gasteiger partial charge in [0.25, 0.3) is 0 Å². The zero-order valence-corrected chi connectivity index (χ0v) is 17.6. The summed E-state index contributed by atoms with van der Waals surface area (Å²) in [5, 5.41) is 13.3. The number of nitrogens with two attached hydrogens (primary N) is 1. The van der Waals surface area contributed by atoms with Crippen LogP contribution < -0.4 is 15.8 Å². The summed E-state index contributed by atoms with van der Waals surface area (Å²) < 4.78 is 43.7. The van der Waals surface area contributed by atoms with E-state index in [9.17, 15) is 18.3 Å². The van der Waals surface area contributed by atoms with Crippen molar-refractivity contribution in [1.82, 2.24) is 5.32 Å². The van der Waals surface area contributed by atoms with Crippen molar-refractivity contribution in [2.24, 2.45) is 5.73 Å². The first-order valence-corrected chi connectivity index (χ1v) is 8.80. The normalized spacial score (nSPS) is 13.0. The van der Waals surface area contributed by atoms with Crippen LogP contribution in [0.5, 0.6) is 5.75 Å². The van der Waals surface area contributed by atoms with Crippen LogP contribution in [0.1, 0.15) is 29.7 Å². The quantitative estimate of drug-likeness (QED) is 0.532. The van der Waals surface area contributed by atoms with Gasteiger partial charge in [-0.15, -0.1) is 24.8 Å². The van der Waals surface area contributed by atoms with Crippen molar-refractivity contribution in [3.8, 4) is 5.75 Å². The molecule has 2 atom stereocenters. The van der Waals surface area contributed by atoms with Gasteiger partial charge >= 0.3 is 6.18 Å². The van der Waals surface area contributed by atoms with Crippen LogP contribution >= 0.6 is 24.8 Å². The Hall–Kier alpha value is -1.51. The Morgan fingerprint density at radius 2 is 1.76 bits per heavy atom. The fourth-order valence-corrected chi connectivity index (χ4v) is 2.68. The molecule has 0 heterocycles. The number of aliphatic hydroxyl groups excluding tert-OH is 1. The second kappa shape index (κ2) is 12.9. The van der Waals surface area contributed by atoms with Crippen molar-refractivity contribution in [2.45, 2.75) is 31.7 Å². The SMILES string of the molecule is CC(Cc1ccc(OCCN)cc1)NCC(O)c1cccc(C(F)(F)F)c1.Cl.Cl. The van der Waals surface area contributed by atoms with E-state index < -0.39 is 17.8 Å². The molecule has 0 saturated carbocycles. The lowest BCUT2D eigenvalue weighted by atomic mass is 10.0. The van der Waals surface area contributed by atoms with E-state index in [1.54, 1.807) is 0 Å². The Morgan fingerprint density at radius 3 is 2.34 bits per heavy atom. The molecule has 2 rings (SSSR count). The Balaban J connectivity index is 0.00000392. The van der Waals surface area contributed by atoms with Crippen LogP contribution in [-0.4, -0.2) is 30.8 Å². The Kier molecular flexibility index (Phi) is 12.3. The van der Waals surface area contributed by atoms with Gasteiger partial charge in [-0.25, -0.2) is 0 Å². The zero-order chi connectivity index (χ0) is 19.9. The van der Waals surface area contributed by atoms with Gasteiger partial charge in [-0.1, -0.05) is 24.3 Å². The number of hydrogen-bond acceptors (Lipinski definition) is 4. The van der Waals surface area contributed by atoms with E-state index in [4.69, 9.17) is 10.5 Å². The number of ether oxygens (including phenoxy) is 1. The maximum atomic E-state index is 12.8. The van der Waals surface area contributed by atoms with Gasteiger partial charge < -0.3 is 20.9 Å². The average molecular weight is 455 g/mol. The minimum absolute atomic E-state index is 0. The Bertz CT molecular complexity index is 716. The fourth-order valence-electron chi connectivity index (χ4n) is 2.68. The van der Waals surface area contributed by atoms with Crippen LogP contribution in [0.3, 0.4) is 0 Å². The standard InChI is InChI=1S/C20H25F3N2O2.2ClH/c1-14(11-15-5-7-18(8-6-15)27-10-9-24)25-13-19(26)16-3-2-4-17(12-16)20(21,22)23;;/h2-8,12,14,19,25-26H,9-11,13,24H2,1H3;2*1H. The van der Waals surface area contributed by atoms with Crippen molar-refractivity contribution in [3.63, 3.8) is 0 Å². The van der Waals surface area contributed by atoms with Crippen molar-refractivity contribution >= 4 is 24.8 Å². The van der Waals surface area contributed by atoms with Gasteiger partial charge in [0.15, 0.2) is 0 Å². The largest absolute Gasteiger partial charge is 0.492 e. The van der Waals surface area contributed by atoms with Gasteiger partial charge in [0, 0.05) is 19.1 Å². The molecule has 0 spiro atoms. The van der Waals surface area contributed by atoms with Crippen LogP contribution in [0.2, 0.25) is 0 Å². The first kappa shape index (κ1) is 27.5. The van der Waals surface area contributed by atoms with Crippen LogP contribution in [0, 0.1) is 0 Å². The van der Waals surface area contributed by atoms with Gasteiger partial charge in [-0.3, -0.25) is 0 Å². The number of nitrogens with one attached hydrogen (secondary N) is 1. The van der Waals surface area contributed by atoms with Gasteiger partial charge in [-0.2, -0.15) is 13.2 Å². The summed E-state index contributed by atoms with van der Waals surface area (Å²) in [6, 6.07) is 12.5. The number of benzene rings is 2. The van der Waals surface area contributed by atoms with E-state index in [0.29, 0.717) is 19.6 Å². The summed E-state index contributed by atoms with van der Waals surface area (Å²) in [7, 11) is 0. The summed E-state index contributed by atoms with van der Waals surface area (Å²) in [6.45, 7) is 3.04. The van der Waals surface area contributed by atoms with E-state index in [2.05, 4.69) is 5.32 Å². The highest BCUT2D eigenvalue weighted by molar-refractivity contribution is 5.85. The molecule has 164 valence electrons. The fraction of sp³-hybridized carbons (Fsp3) is 0.400. The zero-order valence-electron chi connectivity index (χ0n) is 16.0. The Morgan fingerprint density at radius 1 is 1.10 bits per heavy atom. The molecule has 0 aliphatic heterocycles. The third-order valence-electron chi connectivity index (χ3n) is 4.11. The molecule has 29 heavy (non-hydrogen) atoms. The van der Waals surface area contributed by atoms with E-state index in [-0.39, 0.29) is 43.0 Å². The smallest absolute Gasteiger partial charge is 0.416 e. The summed E-state index contributed by atoms with van der Waals surface area (Å²) in [6.07, 6.45) is -4.72. The molecule has 2 aromatic carbocycles.